The van der Waals surface area contributed by atoms with E-state index in [1.807, 2.05) is 6.92 Å². The zero-order valence-electron chi connectivity index (χ0n) is 8.94. The molecule has 15 heavy (non-hydrogen) atoms. The van der Waals surface area contributed by atoms with Crippen molar-refractivity contribution in [2.75, 3.05) is 12.4 Å². The van der Waals surface area contributed by atoms with E-state index in [9.17, 15) is 4.79 Å². The van der Waals surface area contributed by atoms with Gasteiger partial charge in [0.25, 0.3) is 0 Å². The molecule has 6 heteroatoms. The van der Waals surface area contributed by atoms with Crippen molar-refractivity contribution in [1.82, 2.24) is 9.97 Å². The monoisotopic (exact) mass is 210 g/mol. The van der Waals surface area contributed by atoms with E-state index in [0.29, 0.717) is 11.8 Å². The molecule has 1 aromatic heterocycles. The number of aryl methyl sites for hydroxylation is 1. The second-order valence-electron chi connectivity index (χ2n) is 3.14. The average Bonchev–Trinajstić information content (AvgIpc) is 2.16. The van der Waals surface area contributed by atoms with Gasteiger partial charge in [-0.1, -0.05) is 0 Å². The van der Waals surface area contributed by atoms with Gasteiger partial charge in [-0.05, 0) is 13.8 Å². The van der Waals surface area contributed by atoms with Gasteiger partial charge in [0.15, 0.2) is 0 Å². The standard InChI is InChI=1S/C9H14N4O2/c1-5-4-7(15-3)13-9(11-5)12-6(2)8(10)14/h4,6H,1-3H3,(H2,10,14)(H,11,12,13). The SMILES string of the molecule is COc1cc(C)nc(NC(C)C(N)=O)n1. The van der Waals surface area contributed by atoms with Crippen LogP contribution in [-0.4, -0.2) is 29.0 Å². The van der Waals surface area contributed by atoms with Gasteiger partial charge >= 0.3 is 0 Å². The molecule has 1 heterocycles. The quantitative estimate of drug-likeness (QED) is 0.734. The van der Waals surface area contributed by atoms with Gasteiger partial charge in [-0.2, -0.15) is 4.98 Å². The van der Waals surface area contributed by atoms with E-state index in [2.05, 4.69) is 15.3 Å². The number of anilines is 1. The first kappa shape index (κ1) is 11.2. The van der Waals surface area contributed by atoms with Crippen LogP contribution < -0.4 is 15.8 Å². The van der Waals surface area contributed by atoms with Gasteiger partial charge in [-0.25, -0.2) is 4.98 Å². The van der Waals surface area contributed by atoms with Crippen LogP contribution in [0.3, 0.4) is 0 Å². The largest absolute Gasteiger partial charge is 0.481 e. The lowest BCUT2D eigenvalue weighted by atomic mass is 10.3. The smallest absolute Gasteiger partial charge is 0.239 e. The van der Waals surface area contributed by atoms with Crippen LogP contribution in [0.5, 0.6) is 5.88 Å². The summed E-state index contributed by atoms with van der Waals surface area (Å²) in [6.07, 6.45) is 0. The number of amides is 1. The number of primary amides is 1. The molecule has 6 nitrogen and oxygen atoms in total. The Morgan fingerprint density at radius 2 is 2.27 bits per heavy atom. The first-order valence-electron chi connectivity index (χ1n) is 4.48. The van der Waals surface area contributed by atoms with Crippen LogP contribution in [0.2, 0.25) is 0 Å². The highest BCUT2D eigenvalue weighted by Crippen LogP contribution is 2.11. The normalized spacial score (nSPS) is 11.9. The van der Waals surface area contributed by atoms with Gasteiger partial charge in [-0.3, -0.25) is 4.79 Å². The first-order chi connectivity index (χ1) is 7.02. The van der Waals surface area contributed by atoms with E-state index < -0.39 is 11.9 Å². The molecule has 0 bridgehead atoms. The third-order valence-electron chi connectivity index (χ3n) is 1.81. The molecule has 0 spiro atoms. The Bertz CT molecular complexity index is 367. The van der Waals surface area contributed by atoms with Gasteiger partial charge in [-0.15, -0.1) is 0 Å². The summed E-state index contributed by atoms with van der Waals surface area (Å²) in [6, 6.07) is 1.18. The number of nitrogens with zero attached hydrogens (tertiary/aromatic N) is 2. The highest BCUT2D eigenvalue weighted by molar-refractivity contribution is 5.81. The van der Waals surface area contributed by atoms with Crippen molar-refractivity contribution in [2.24, 2.45) is 5.73 Å². The van der Waals surface area contributed by atoms with Crippen molar-refractivity contribution in [3.05, 3.63) is 11.8 Å². The second-order valence-corrected chi connectivity index (χ2v) is 3.14. The molecule has 0 aliphatic rings. The molecule has 1 rings (SSSR count). The highest BCUT2D eigenvalue weighted by Gasteiger charge is 2.10. The van der Waals surface area contributed by atoms with Gasteiger partial charge in [0.2, 0.25) is 17.7 Å². The van der Waals surface area contributed by atoms with Gasteiger partial charge in [0.1, 0.15) is 6.04 Å². The van der Waals surface area contributed by atoms with Crippen LogP contribution in [0.15, 0.2) is 6.07 Å². The molecule has 0 aromatic carbocycles. The van der Waals surface area contributed by atoms with Crippen molar-refractivity contribution in [2.45, 2.75) is 19.9 Å². The Kier molecular flexibility index (Phi) is 3.43. The number of aromatic nitrogens is 2. The summed E-state index contributed by atoms with van der Waals surface area (Å²) in [5, 5.41) is 2.78. The van der Waals surface area contributed by atoms with Crippen molar-refractivity contribution >= 4 is 11.9 Å². The summed E-state index contributed by atoms with van der Waals surface area (Å²) >= 11 is 0. The number of hydrogen-bond donors (Lipinski definition) is 2. The molecule has 82 valence electrons. The molecule has 0 fully saturated rings. The number of rotatable bonds is 4. The van der Waals surface area contributed by atoms with Crippen molar-refractivity contribution in [3.63, 3.8) is 0 Å². The Morgan fingerprint density at radius 1 is 1.60 bits per heavy atom. The van der Waals surface area contributed by atoms with E-state index in [1.165, 1.54) is 7.11 Å². The topological polar surface area (TPSA) is 90.1 Å². The van der Waals surface area contributed by atoms with Crippen molar-refractivity contribution < 1.29 is 9.53 Å². The number of carbonyl (C=O) groups is 1. The molecule has 1 amide bonds. The predicted octanol–water partition coefficient (Wildman–Crippen LogP) is 0.0793. The number of ether oxygens (including phenoxy) is 1. The minimum absolute atomic E-state index is 0.332. The van der Waals surface area contributed by atoms with Crippen molar-refractivity contribution in [1.29, 1.82) is 0 Å². The summed E-state index contributed by atoms with van der Waals surface area (Å²) < 4.78 is 4.97. The maximum absolute atomic E-state index is 10.8. The lowest BCUT2D eigenvalue weighted by Crippen LogP contribution is -2.33. The second kappa shape index (κ2) is 4.59. The molecule has 3 N–H and O–H groups in total. The average molecular weight is 210 g/mol. The summed E-state index contributed by atoms with van der Waals surface area (Å²) in [4.78, 5) is 18.9. The maximum atomic E-state index is 10.8. The molecule has 0 saturated heterocycles. The molecule has 0 aliphatic heterocycles. The number of carbonyl (C=O) groups excluding carboxylic acids is 1. The molecule has 1 aromatic rings. The molecule has 1 unspecified atom stereocenters. The van der Waals surface area contributed by atoms with Crippen LogP contribution >= 0.6 is 0 Å². The summed E-state index contributed by atoms with van der Waals surface area (Å²) in [6.45, 7) is 3.45. The summed E-state index contributed by atoms with van der Waals surface area (Å²) in [5.41, 5.74) is 5.86. The number of methoxy groups -OCH3 is 1. The molecule has 0 aliphatic carbocycles. The Hall–Kier alpha value is -1.85. The number of nitrogens with one attached hydrogen (secondary N) is 1. The fourth-order valence-electron chi connectivity index (χ4n) is 0.974. The predicted molar refractivity (Wildman–Crippen MR) is 55.6 cm³/mol. The lowest BCUT2D eigenvalue weighted by molar-refractivity contribution is -0.118. The third kappa shape index (κ3) is 3.08. The van der Waals surface area contributed by atoms with E-state index in [0.717, 1.165) is 5.69 Å². The molecule has 1 atom stereocenters. The molecular weight excluding hydrogens is 196 g/mol. The van der Waals surface area contributed by atoms with Crippen LogP contribution in [0.25, 0.3) is 0 Å². The number of hydrogen-bond acceptors (Lipinski definition) is 5. The van der Waals surface area contributed by atoms with Crippen LogP contribution in [0.4, 0.5) is 5.95 Å². The maximum Gasteiger partial charge on any atom is 0.239 e. The summed E-state index contributed by atoms with van der Waals surface area (Å²) in [5.74, 6) is 0.318. The van der Waals surface area contributed by atoms with Crippen LogP contribution in [0.1, 0.15) is 12.6 Å². The van der Waals surface area contributed by atoms with E-state index in [-0.39, 0.29) is 0 Å². The van der Waals surface area contributed by atoms with Gasteiger partial charge in [0, 0.05) is 11.8 Å². The zero-order chi connectivity index (χ0) is 11.4. The lowest BCUT2D eigenvalue weighted by Gasteiger charge is -2.10. The molecular formula is C9H14N4O2. The zero-order valence-corrected chi connectivity index (χ0v) is 8.94. The van der Waals surface area contributed by atoms with Crippen LogP contribution in [-0.2, 0) is 4.79 Å². The summed E-state index contributed by atoms with van der Waals surface area (Å²) in [7, 11) is 1.52. The van der Waals surface area contributed by atoms with Crippen molar-refractivity contribution in [3.8, 4) is 5.88 Å². The Morgan fingerprint density at radius 3 is 2.80 bits per heavy atom. The minimum Gasteiger partial charge on any atom is -0.481 e. The minimum atomic E-state index is -0.517. The van der Waals surface area contributed by atoms with E-state index in [4.69, 9.17) is 10.5 Å². The van der Waals surface area contributed by atoms with Gasteiger partial charge in [0.05, 0.1) is 7.11 Å². The van der Waals surface area contributed by atoms with E-state index >= 15 is 0 Å². The molecule has 0 saturated carbocycles. The first-order valence-corrected chi connectivity index (χ1v) is 4.48. The third-order valence-corrected chi connectivity index (χ3v) is 1.81. The van der Waals surface area contributed by atoms with Crippen LogP contribution in [0, 0.1) is 6.92 Å². The van der Waals surface area contributed by atoms with Gasteiger partial charge < -0.3 is 15.8 Å². The van der Waals surface area contributed by atoms with E-state index in [1.54, 1.807) is 13.0 Å². The Labute approximate surface area is 87.9 Å². The highest BCUT2D eigenvalue weighted by atomic mass is 16.5. The fraction of sp³-hybridized carbons (Fsp3) is 0.444. The fourth-order valence-corrected chi connectivity index (χ4v) is 0.974. The Balaban J connectivity index is 2.85. The molecule has 0 radical (unpaired) electrons. The number of nitrogens with two attached hydrogens (primary N) is 1.